The average molecular weight is 240 g/mol. The van der Waals surface area contributed by atoms with Crippen LogP contribution < -0.4 is 11.1 Å². The molecule has 1 aromatic rings. The normalized spacial score (nSPS) is 21.6. The Bertz CT molecular complexity index is 521. The Morgan fingerprint density at radius 3 is 2.75 bits per heavy atom. The molecule has 1 aliphatic heterocycles. The first-order chi connectivity index (χ1) is 7.30. The molecule has 5 heteroatoms. The lowest BCUT2D eigenvalue weighted by atomic mass is 9.96. The molecule has 88 valence electrons. The number of sulfone groups is 1. The lowest BCUT2D eigenvalue weighted by Gasteiger charge is -2.20. The second-order valence-electron chi connectivity index (χ2n) is 5.03. The summed E-state index contributed by atoms with van der Waals surface area (Å²) >= 11 is 0. The van der Waals surface area contributed by atoms with Crippen LogP contribution in [0.5, 0.6) is 0 Å². The highest BCUT2D eigenvalue weighted by atomic mass is 32.2. The van der Waals surface area contributed by atoms with E-state index in [1.165, 1.54) is 6.07 Å². The molecule has 0 saturated heterocycles. The molecule has 0 aromatic heterocycles. The average Bonchev–Trinajstić information content (AvgIpc) is 2.21. The molecule has 0 saturated carbocycles. The first-order valence-corrected chi connectivity index (χ1v) is 6.82. The van der Waals surface area contributed by atoms with Gasteiger partial charge in [-0.1, -0.05) is 13.8 Å². The standard InChI is InChI=1S/C11H16N2O2S/c1-11(2)6-13-9-4-3-8(12)5-10(9)16(14,15)7-11/h3-5,13H,6-7,12H2,1-2H3. The largest absolute Gasteiger partial charge is 0.399 e. The summed E-state index contributed by atoms with van der Waals surface area (Å²) < 4.78 is 24.3. The first kappa shape index (κ1) is 11.3. The van der Waals surface area contributed by atoms with Crippen molar-refractivity contribution in [3.05, 3.63) is 18.2 Å². The summed E-state index contributed by atoms with van der Waals surface area (Å²) in [7, 11) is -3.25. The van der Waals surface area contributed by atoms with Crippen LogP contribution in [0.2, 0.25) is 0 Å². The third-order valence-corrected chi connectivity index (χ3v) is 4.85. The number of nitrogens with one attached hydrogen (secondary N) is 1. The van der Waals surface area contributed by atoms with Crippen LogP contribution in [0.25, 0.3) is 0 Å². The van der Waals surface area contributed by atoms with E-state index in [-0.39, 0.29) is 11.2 Å². The van der Waals surface area contributed by atoms with Gasteiger partial charge in [-0.3, -0.25) is 0 Å². The Morgan fingerprint density at radius 2 is 2.06 bits per heavy atom. The molecule has 2 rings (SSSR count). The molecule has 4 nitrogen and oxygen atoms in total. The van der Waals surface area contributed by atoms with Crippen molar-refractivity contribution in [1.29, 1.82) is 0 Å². The summed E-state index contributed by atoms with van der Waals surface area (Å²) in [5.74, 6) is 0.142. The van der Waals surface area contributed by atoms with E-state index in [0.29, 0.717) is 22.8 Å². The third-order valence-electron chi connectivity index (χ3n) is 2.68. The predicted molar refractivity (Wildman–Crippen MR) is 65.2 cm³/mol. The number of nitrogen functional groups attached to an aromatic ring is 1. The predicted octanol–water partition coefficient (Wildman–Crippen LogP) is 1.49. The molecular formula is C11H16N2O2S. The van der Waals surface area contributed by atoms with Gasteiger partial charge in [0, 0.05) is 12.2 Å². The second kappa shape index (κ2) is 3.38. The number of hydrogen-bond donors (Lipinski definition) is 2. The zero-order valence-electron chi connectivity index (χ0n) is 9.45. The maximum absolute atomic E-state index is 12.2. The van der Waals surface area contributed by atoms with Gasteiger partial charge in [0.2, 0.25) is 0 Å². The zero-order valence-corrected chi connectivity index (χ0v) is 10.3. The van der Waals surface area contributed by atoms with Crippen molar-refractivity contribution < 1.29 is 8.42 Å². The summed E-state index contributed by atoms with van der Waals surface area (Å²) in [4.78, 5) is 0.318. The molecule has 1 aromatic carbocycles. The number of anilines is 2. The van der Waals surface area contributed by atoms with Gasteiger partial charge in [0.05, 0.1) is 16.3 Å². The number of hydrogen-bond acceptors (Lipinski definition) is 4. The Hall–Kier alpha value is -1.23. The van der Waals surface area contributed by atoms with Crippen molar-refractivity contribution in [2.45, 2.75) is 18.7 Å². The molecule has 0 radical (unpaired) electrons. The molecule has 1 aliphatic rings. The van der Waals surface area contributed by atoms with Gasteiger partial charge in [-0.2, -0.15) is 0 Å². The molecule has 0 unspecified atom stereocenters. The number of benzene rings is 1. The van der Waals surface area contributed by atoms with Crippen molar-refractivity contribution in [2.24, 2.45) is 5.41 Å². The van der Waals surface area contributed by atoms with Gasteiger partial charge in [0.1, 0.15) is 0 Å². The van der Waals surface area contributed by atoms with Crippen LogP contribution in [0.1, 0.15) is 13.8 Å². The summed E-state index contributed by atoms with van der Waals surface area (Å²) in [5, 5.41) is 3.16. The fraction of sp³-hybridized carbons (Fsp3) is 0.455. The maximum Gasteiger partial charge on any atom is 0.181 e. The summed E-state index contributed by atoms with van der Waals surface area (Å²) in [5.41, 5.74) is 6.49. The van der Waals surface area contributed by atoms with Gasteiger partial charge in [-0.05, 0) is 23.6 Å². The van der Waals surface area contributed by atoms with Gasteiger partial charge in [-0.25, -0.2) is 8.42 Å². The van der Waals surface area contributed by atoms with Crippen molar-refractivity contribution in [1.82, 2.24) is 0 Å². The number of nitrogens with two attached hydrogens (primary N) is 1. The second-order valence-corrected chi connectivity index (χ2v) is 6.99. The highest BCUT2D eigenvalue weighted by Crippen LogP contribution is 2.33. The van der Waals surface area contributed by atoms with Crippen LogP contribution in [0.15, 0.2) is 23.1 Å². The monoisotopic (exact) mass is 240 g/mol. The molecule has 1 heterocycles. The smallest absolute Gasteiger partial charge is 0.181 e. The van der Waals surface area contributed by atoms with E-state index in [0.717, 1.165) is 0 Å². The Kier molecular flexibility index (Phi) is 2.38. The van der Waals surface area contributed by atoms with Gasteiger partial charge >= 0.3 is 0 Å². The Labute approximate surface area is 95.8 Å². The molecule has 0 amide bonds. The van der Waals surface area contributed by atoms with E-state index in [1.54, 1.807) is 12.1 Å². The SMILES string of the molecule is CC1(C)CNc2ccc(N)cc2S(=O)(=O)C1. The van der Waals surface area contributed by atoms with Crippen LogP contribution in [0, 0.1) is 5.41 Å². The fourth-order valence-corrected chi connectivity index (χ4v) is 4.00. The van der Waals surface area contributed by atoms with E-state index in [4.69, 9.17) is 5.73 Å². The van der Waals surface area contributed by atoms with E-state index in [1.807, 2.05) is 13.8 Å². The molecule has 16 heavy (non-hydrogen) atoms. The van der Waals surface area contributed by atoms with Gasteiger partial charge in [0.25, 0.3) is 0 Å². The highest BCUT2D eigenvalue weighted by Gasteiger charge is 2.32. The minimum atomic E-state index is -3.25. The van der Waals surface area contributed by atoms with Crippen LogP contribution >= 0.6 is 0 Å². The molecule has 3 N–H and O–H groups in total. The summed E-state index contributed by atoms with van der Waals surface area (Å²) in [6.07, 6.45) is 0. The molecule has 0 bridgehead atoms. The molecule has 0 aliphatic carbocycles. The number of rotatable bonds is 0. The molecular weight excluding hydrogens is 224 g/mol. The lowest BCUT2D eigenvalue weighted by molar-refractivity contribution is 0.442. The summed E-state index contributed by atoms with van der Waals surface area (Å²) in [6, 6.07) is 4.96. The van der Waals surface area contributed by atoms with Gasteiger partial charge in [-0.15, -0.1) is 0 Å². The van der Waals surface area contributed by atoms with Crippen LogP contribution in [-0.2, 0) is 9.84 Å². The van der Waals surface area contributed by atoms with E-state index < -0.39 is 9.84 Å². The van der Waals surface area contributed by atoms with Crippen LogP contribution in [0.3, 0.4) is 0 Å². The van der Waals surface area contributed by atoms with Gasteiger partial charge in [0.15, 0.2) is 9.84 Å². The highest BCUT2D eigenvalue weighted by molar-refractivity contribution is 7.91. The van der Waals surface area contributed by atoms with Crippen LogP contribution in [0.4, 0.5) is 11.4 Å². The maximum atomic E-state index is 12.2. The first-order valence-electron chi connectivity index (χ1n) is 5.16. The Morgan fingerprint density at radius 1 is 1.38 bits per heavy atom. The minimum Gasteiger partial charge on any atom is -0.399 e. The van der Waals surface area contributed by atoms with Crippen molar-refractivity contribution >= 4 is 21.2 Å². The quantitative estimate of drug-likeness (QED) is 0.674. The molecule has 0 spiro atoms. The fourth-order valence-electron chi connectivity index (χ4n) is 1.92. The molecule has 0 atom stereocenters. The van der Waals surface area contributed by atoms with E-state index in [2.05, 4.69) is 5.32 Å². The lowest BCUT2D eigenvalue weighted by Crippen LogP contribution is -2.28. The Balaban J connectivity index is 2.60. The zero-order chi connectivity index (χ0) is 12.0. The topological polar surface area (TPSA) is 72.2 Å². The van der Waals surface area contributed by atoms with Crippen molar-refractivity contribution in [3.8, 4) is 0 Å². The van der Waals surface area contributed by atoms with E-state index in [9.17, 15) is 8.42 Å². The van der Waals surface area contributed by atoms with E-state index >= 15 is 0 Å². The van der Waals surface area contributed by atoms with Crippen LogP contribution in [-0.4, -0.2) is 20.7 Å². The molecule has 0 fully saturated rings. The summed E-state index contributed by atoms with van der Waals surface area (Å²) in [6.45, 7) is 4.52. The minimum absolute atomic E-state index is 0.142. The van der Waals surface area contributed by atoms with Crippen molar-refractivity contribution in [2.75, 3.05) is 23.3 Å². The third kappa shape index (κ3) is 2.00. The number of fused-ring (bicyclic) bond motifs is 1. The van der Waals surface area contributed by atoms with Gasteiger partial charge < -0.3 is 11.1 Å². The van der Waals surface area contributed by atoms with Crippen molar-refractivity contribution in [3.63, 3.8) is 0 Å².